The van der Waals surface area contributed by atoms with Gasteiger partial charge in [-0.05, 0) is 23.8 Å². The molecule has 138 valence electrons. The van der Waals surface area contributed by atoms with Crippen LogP contribution in [0.15, 0.2) is 23.3 Å². The summed E-state index contributed by atoms with van der Waals surface area (Å²) in [5.74, 6) is 0.763. The van der Waals surface area contributed by atoms with Crippen LogP contribution in [-0.2, 0) is 14.8 Å². The first-order chi connectivity index (χ1) is 11.6. The van der Waals surface area contributed by atoms with Crippen LogP contribution in [-0.4, -0.2) is 57.9 Å². The van der Waals surface area contributed by atoms with E-state index in [0.29, 0.717) is 24.7 Å². The lowest BCUT2D eigenvalue weighted by atomic mass is 9.97. The summed E-state index contributed by atoms with van der Waals surface area (Å²) < 4.78 is 35.0. The maximum atomic E-state index is 11.7. The van der Waals surface area contributed by atoms with E-state index in [0.717, 1.165) is 16.1 Å². The SMILES string of the molecule is CN(CC(=O)N/N=C/c1ccc2c(c1)OCC(C)(C)CO2)S(C)(=O)=O. The van der Waals surface area contributed by atoms with Gasteiger partial charge in [-0.25, -0.2) is 13.8 Å². The number of likely N-dealkylation sites (N-methyl/N-ethyl adjacent to an activating group) is 1. The van der Waals surface area contributed by atoms with Gasteiger partial charge in [0.1, 0.15) is 0 Å². The van der Waals surface area contributed by atoms with Crippen LogP contribution >= 0.6 is 0 Å². The number of carbonyl (C=O) groups is 1. The van der Waals surface area contributed by atoms with Gasteiger partial charge in [-0.3, -0.25) is 4.79 Å². The molecule has 1 amide bonds. The van der Waals surface area contributed by atoms with E-state index >= 15 is 0 Å². The highest BCUT2D eigenvalue weighted by molar-refractivity contribution is 7.88. The van der Waals surface area contributed by atoms with E-state index < -0.39 is 15.9 Å². The first kappa shape index (κ1) is 19.2. The topological polar surface area (TPSA) is 97.3 Å². The van der Waals surface area contributed by atoms with Gasteiger partial charge < -0.3 is 9.47 Å². The van der Waals surface area contributed by atoms with Crippen molar-refractivity contribution in [2.24, 2.45) is 10.5 Å². The quantitative estimate of drug-likeness (QED) is 0.612. The smallest absolute Gasteiger partial charge is 0.255 e. The molecule has 1 aromatic carbocycles. The Morgan fingerprint density at radius 2 is 1.96 bits per heavy atom. The molecule has 9 heteroatoms. The van der Waals surface area contributed by atoms with Gasteiger partial charge in [-0.2, -0.15) is 9.41 Å². The van der Waals surface area contributed by atoms with Crippen molar-refractivity contribution in [2.45, 2.75) is 13.8 Å². The molecule has 0 saturated heterocycles. The van der Waals surface area contributed by atoms with E-state index in [-0.39, 0.29) is 12.0 Å². The third-order valence-corrected chi connectivity index (χ3v) is 4.80. The number of hydrogen-bond donors (Lipinski definition) is 1. The largest absolute Gasteiger partial charge is 0.489 e. The molecule has 0 unspecified atom stereocenters. The molecule has 0 radical (unpaired) electrons. The van der Waals surface area contributed by atoms with E-state index in [1.54, 1.807) is 18.2 Å². The molecule has 0 aliphatic carbocycles. The van der Waals surface area contributed by atoms with E-state index in [1.165, 1.54) is 13.3 Å². The van der Waals surface area contributed by atoms with Gasteiger partial charge in [0.15, 0.2) is 11.5 Å². The van der Waals surface area contributed by atoms with Crippen molar-refractivity contribution in [1.82, 2.24) is 9.73 Å². The molecule has 0 fully saturated rings. The minimum absolute atomic E-state index is 0.0765. The Hall–Kier alpha value is -2.13. The number of hydrazone groups is 1. The van der Waals surface area contributed by atoms with Crippen LogP contribution in [0.4, 0.5) is 0 Å². The van der Waals surface area contributed by atoms with Gasteiger partial charge in [-0.1, -0.05) is 13.8 Å². The molecule has 2 rings (SSSR count). The molecule has 0 saturated carbocycles. The Kier molecular flexibility index (Phi) is 5.69. The van der Waals surface area contributed by atoms with Crippen molar-refractivity contribution in [3.05, 3.63) is 23.8 Å². The van der Waals surface area contributed by atoms with Gasteiger partial charge in [-0.15, -0.1) is 0 Å². The summed E-state index contributed by atoms with van der Waals surface area (Å²) in [5, 5.41) is 3.84. The number of hydrogen-bond acceptors (Lipinski definition) is 6. The second-order valence-electron chi connectivity index (χ2n) is 6.76. The average Bonchev–Trinajstić information content (AvgIpc) is 2.65. The first-order valence-electron chi connectivity index (χ1n) is 7.70. The summed E-state index contributed by atoms with van der Waals surface area (Å²) in [6.07, 6.45) is 2.49. The zero-order valence-corrected chi connectivity index (χ0v) is 15.6. The Morgan fingerprint density at radius 3 is 2.60 bits per heavy atom. The maximum absolute atomic E-state index is 11.7. The predicted molar refractivity (Wildman–Crippen MR) is 94.4 cm³/mol. The van der Waals surface area contributed by atoms with Gasteiger partial charge in [0.05, 0.1) is 32.2 Å². The molecule has 0 aromatic heterocycles. The van der Waals surface area contributed by atoms with E-state index in [9.17, 15) is 13.2 Å². The van der Waals surface area contributed by atoms with Crippen molar-refractivity contribution >= 4 is 22.1 Å². The average molecular weight is 369 g/mol. The second-order valence-corrected chi connectivity index (χ2v) is 8.85. The van der Waals surface area contributed by atoms with Crippen LogP contribution in [0.3, 0.4) is 0 Å². The number of fused-ring (bicyclic) bond motifs is 1. The minimum atomic E-state index is -3.41. The number of nitrogens with one attached hydrogen (secondary N) is 1. The molecule has 1 aliphatic heterocycles. The predicted octanol–water partition coefficient (Wildman–Crippen LogP) is 0.825. The first-order valence-corrected chi connectivity index (χ1v) is 9.54. The zero-order chi connectivity index (χ0) is 18.7. The molecular weight excluding hydrogens is 346 g/mol. The number of rotatable bonds is 5. The third-order valence-electron chi connectivity index (χ3n) is 3.54. The Bertz CT molecular complexity index is 774. The molecule has 8 nitrogen and oxygen atoms in total. The molecule has 1 heterocycles. The zero-order valence-electron chi connectivity index (χ0n) is 14.8. The van der Waals surface area contributed by atoms with Gasteiger partial charge in [0, 0.05) is 12.5 Å². The van der Waals surface area contributed by atoms with Crippen LogP contribution < -0.4 is 14.9 Å². The summed E-state index contributed by atoms with van der Waals surface area (Å²) in [6.45, 7) is 4.92. The summed E-state index contributed by atoms with van der Waals surface area (Å²) >= 11 is 0. The molecule has 1 aromatic rings. The van der Waals surface area contributed by atoms with Crippen LogP contribution in [0.5, 0.6) is 11.5 Å². The van der Waals surface area contributed by atoms with Crippen molar-refractivity contribution in [1.29, 1.82) is 0 Å². The standard InChI is InChI=1S/C16H23N3O5S/c1-16(2)10-23-13-6-5-12(7-14(13)24-11-16)8-17-18-15(20)9-19(3)25(4,21)22/h5-8H,9-11H2,1-4H3,(H,18,20)/b17-8+. The van der Waals surface area contributed by atoms with Crippen molar-refractivity contribution in [3.63, 3.8) is 0 Å². The maximum Gasteiger partial charge on any atom is 0.255 e. The molecule has 25 heavy (non-hydrogen) atoms. The Morgan fingerprint density at radius 1 is 1.32 bits per heavy atom. The summed E-state index contributed by atoms with van der Waals surface area (Å²) in [6, 6.07) is 5.35. The van der Waals surface area contributed by atoms with E-state index in [4.69, 9.17) is 9.47 Å². The fourth-order valence-corrected chi connectivity index (χ4v) is 2.31. The fourth-order valence-electron chi connectivity index (χ4n) is 1.96. The lowest BCUT2D eigenvalue weighted by Crippen LogP contribution is -2.36. The second kappa shape index (κ2) is 7.40. The number of sulfonamides is 1. The van der Waals surface area contributed by atoms with Gasteiger partial charge in [0.2, 0.25) is 10.0 Å². The number of carbonyl (C=O) groups excluding carboxylic acids is 1. The summed E-state index contributed by atoms with van der Waals surface area (Å²) in [5.41, 5.74) is 2.94. The number of ether oxygens (including phenoxy) is 2. The molecule has 0 atom stereocenters. The van der Waals surface area contributed by atoms with E-state index in [2.05, 4.69) is 24.4 Å². The number of nitrogens with zero attached hydrogens (tertiary/aromatic N) is 2. The lowest BCUT2D eigenvalue weighted by molar-refractivity contribution is -0.121. The fraction of sp³-hybridized carbons (Fsp3) is 0.500. The summed E-state index contributed by atoms with van der Waals surface area (Å²) in [7, 11) is -2.08. The van der Waals surface area contributed by atoms with Crippen LogP contribution in [0, 0.1) is 5.41 Å². The van der Waals surface area contributed by atoms with Crippen molar-refractivity contribution in [2.75, 3.05) is 33.1 Å². The highest BCUT2D eigenvalue weighted by Crippen LogP contribution is 2.33. The van der Waals surface area contributed by atoms with Gasteiger partial charge >= 0.3 is 0 Å². The molecule has 0 bridgehead atoms. The summed E-state index contributed by atoms with van der Waals surface area (Å²) in [4.78, 5) is 11.7. The minimum Gasteiger partial charge on any atom is -0.489 e. The third kappa shape index (κ3) is 5.71. The molecule has 1 aliphatic rings. The van der Waals surface area contributed by atoms with Crippen molar-refractivity contribution in [3.8, 4) is 11.5 Å². The van der Waals surface area contributed by atoms with Gasteiger partial charge in [0.25, 0.3) is 5.91 Å². The van der Waals surface area contributed by atoms with E-state index in [1.807, 2.05) is 0 Å². The Balaban J connectivity index is 1.96. The highest BCUT2D eigenvalue weighted by atomic mass is 32.2. The molecule has 1 N–H and O–H groups in total. The highest BCUT2D eigenvalue weighted by Gasteiger charge is 2.25. The normalized spacial score (nSPS) is 16.7. The van der Waals surface area contributed by atoms with Crippen LogP contribution in [0.2, 0.25) is 0 Å². The van der Waals surface area contributed by atoms with Crippen LogP contribution in [0.25, 0.3) is 0 Å². The molecular formula is C16H23N3O5S. The van der Waals surface area contributed by atoms with Crippen molar-refractivity contribution < 1.29 is 22.7 Å². The lowest BCUT2D eigenvalue weighted by Gasteiger charge is -2.19. The number of benzene rings is 1. The monoisotopic (exact) mass is 369 g/mol. The Labute approximate surface area is 147 Å². The van der Waals surface area contributed by atoms with Crippen LogP contribution in [0.1, 0.15) is 19.4 Å². The number of amides is 1. The molecule has 0 spiro atoms.